The van der Waals surface area contributed by atoms with Gasteiger partial charge in [-0.25, -0.2) is 13.2 Å². The van der Waals surface area contributed by atoms with E-state index in [1.54, 1.807) is 0 Å². The second kappa shape index (κ2) is 3.94. The number of rotatable bonds is 2. The molecule has 0 spiro atoms. The highest BCUT2D eigenvalue weighted by atomic mass is 19.2. The minimum Gasteiger partial charge on any atom is -0.204 e. The Kier molecular flexibility index (Phi) is 2.90. The van der Waals surface area contributed by atoms with Crippen LogP contribution in [0.1, 0.15) is 5.56 Å². The summed E-state index contributed by atoms with van der Waals surface area (Å²) in [5.41, 5.74) is -0.00111. The molecule has 68 valence electrons. The van der Waals surface area contributed by atoms with Crippen molar-refractivity contribution in [2.24, 2.45) is 0 Å². The van der Waals surface area contributed by atoms with Gasteiger partial charge in [0.25, 0.3) is 0 Å². The third kappa shape index (κ3) is 1.99. The van der Waals surface area contributed by atoms with Crippen molar-refractivity contribution in [3.63, 3.8) is 0 Å². The molecule has 0 aliphatic heterocycles. The Labute approximate surface area is 74.0 Å². The Morgan fingerprint density at radius 3 is 2.38 bits per heavy atom. The van der Waals surface area contributed by atoms with Gasteiger partial charge in [0.2, 0.25) is 0 Å². The highest BCUT2D eigenvalue weighted by Crippen LogP contribution is 2.16. The molecule has 0 atom stereocenters. The van der Waals surface area contributed by atoms with Crippen LogP contribution in [0.25, 0.3) is 6.08 Å². The van der Waals surface area contributed by atoms with Gasteiger partial charge in [0.15, 0.2) is 17.5 Å². The standard InChI is InChI=1S/C10H7F3/c1-2-3-4-7-5-6-8(11)10(13)9(7)12/h2-6H,1H2/b4-3+. The number of hydrogen-bond acceptors (Lipinski definition) is 0. The molecule has 13 heavy (non-hydrogen) atoms. The molecule has 1 aromatic carbocycles. The smallest absolute Gasteiger partial charge is 0.195 e. The lowest BCUT2D eigenvalue weighted by Gasteiger charge is -1.98. The maximum absolute atomic E-state index is 12.9. The summed E-state index contributed by atoms with van der Waals surface area (Å²) >= 11 is 0. The van der Waals surface area contributed by atoms with Crippen molar-refractivity contribution in [2.75, 3.05) is 0 Å². The molecule has 0 fully saturated rings. The van der Waals surface area contributed by atoms with Gasteiger partial charge in [-0.3, -0.25) is 0 Å². The normalized spacial score (nSPS) is 10.7. The molecule has 3 heteroatoms. The monoisotopic (exact) mass is 184 g/mol. The van der Waals surface area contributed by atoms with Gasteiger partial charge in [-0.2, -0.15) is 0 Å². The zero-order chi connectivity index (χ0) is 9.84. The van der Waals surface area contributed by atoms with Crippen molar-refractivity contribution in [3.8, 4) is 0 Å². The number of halogens is 3. The summed E-state index contributed by atoms with van der Waals surface area (Å²) in [6, 6.07) is 2.04. The molecule has 0 saturated carbocycles. The average molecular weight is 184 g/mol. The van der Waals surface area contributed by atoms with E-state index in [4.69, 9.17) is 0 Å². The van der Waals surface area contributed by atoms with Crippen LogP contribution in [0.3, 0.4) is 0 Å². The molecular formula is C10H7F3. The van der Waals surface area contributed by atoms with Gasteiger partial charge in [0.05, 0.1) is 0 Å². The molecule has 0 radical (unpaired) electrons. The van der Waals surface area contributed by atoms with E-state index in [9.17, 15) is 13.2 Å². The van der Waals surface area contributed by atoms with E-state index in [0.29, 0.717) is 0 Å². The number of benzene rings is 1. The van der Waals surface area contributed by atoms with E-state index in [1.165, 1.54) is 18.2 Å². The van der Waals surface area contributed by atoms with Crippen LogP contribution in [0.2, 0.25) is 0 Å². The Hall–Kier alpha value is -1.51. The first-order chi connectivity index (χ1) is 6.16. The minimum atomic E-state index is -1.45. The molecule has 0 saturated heterocycles. The minimum absolute atomic E-state index is 0.00111. The van der Waals surface area contributed by atoms with E-state index in [-0.39, 0.29) is 5.56 Å². The van der Waals surface area contributed by atoms with Crippen molar-refractivity contribution in [2.45, 2.75) is 0 Å². The van der Waals surface area contributed by atoms with Crippen molar-refractivity contribution in [1.82, 2.24) is 0 Å². The van der Waals surface area contributed by atoms with E-state index in [1.807, 2.05) is 0 Å². The van der Waals surface area contributed by atoms with Crippen molar-refractivity contribution < 1.29 is 13.2 Å². The first kappa shape index (κ1) is 9.58. The second-order valence-corrected chi connectivity index (χ2v) is 2.36. The molecule has 0 bridgehead atoms. The molecule has 0 unspecified atom stereocenters. The Morgan fingerprint density at radius 2 is 1.77 bits per heavy atom. The van der Waals surface area contributed by atoms with Gasteiger partial charge in [0, 0.05) is 5.56 Å². The van der Waals surface area contributed by atoms with Gasteiger partial charge in [-0.1, -0.05) is 24.8 Å². The molecule has 1 aromatic rings. The van der Waals surface area contributed by atoms with Crippen LogP contribution < -0.4 is 0 Å². The predicted octanol–water partition coefficient (Wildman–Crippen LogP) is 3.30. The highest BCUT2D eigenvalue weighted by molar-refractivity contribution is 5.51. The van der Waals surface area contributed by atoms with Crippen molar-refractivity contribution in [1.29, 1.82) is 0 Å². The fourth-order valence-electron chi connectivity index (χ4n) is 0.841. The molecule has 0 N–H and O–H groups in total. The van der Waals surface area contributed by atoms with Gasteiger partial charge < -0.3 is 0 Å². The largest absolute Gasteiger partial charge is 0.204 e. The summed E-state index contributed by atoms with van der Waals surface area (Å²) in [5, 5.41) is 0. The van der Waals surface area contributed by atoms with Crippen molar-refractivity contribution >= 4 is 6.08 Å². The second-order valence-electron chi connectivity index (χ2n) is 2.36. The molecule has 1 rings (SSSR count). The molecule has 0 aromatic heterocycles. The van der Waals surface area contributed by atoms with E-state index < -0.39 is 17.5 Å². The first-order valence-electron chi connectivity index (χ1n) is 3.59. The lowest BCUT2D eigenvalue weighted by Crippen LogP contribution is -1.92. The van der Waals surface area contributed by atoms with Crippen LogP contribution in [0.4, 0.5) is 13.2 Å². The van der Waals surface area contributed by atoms with E-state index in [2.05, 4.69) is 6.58 Å². The van der Waals surface area contributed by atoms with Gasteiger partial charge >= 0.3 is 0 Å². The molecular weight excluding hydrogens is 177 g/mol. The molecule has 0 aliphatic rings. The van der Waals surface area contributed by atoms with E-state index >= 15 is 0 Å². The van der Waals surface area contributed by atoms with Crippen molar-refractivity contribution in [3.05, 3.63) is 53.9 Å². The number of hydrogen-bond donors (Lipinski definition) is 0. The maximum Gasteiger partial charge on any atom is 0.195 e. The van der Waals surface area contributed by atoms with Crippen LogP contribution in [0, 0.1) is 17.5 Å². The average Bonchev–Trinajstić information content (AvgIpc) is 2.13. The fraction of sp³-hybridized carbons (Fsp3) is 0. The summed E-state index contributed by atoms with van der Waals surface area (Å²) in [7, 11) is 0. The number of allylic oxidation sites excluding steroid dienone is 2. The first-order valence-corrected chi connectivity index (χ1v) is 3.59. The summed E-state index contributed by atoms with van der Waals surface area (Å²) in [6.07, 6.45) is 4.17. The Morgan fingerprint density at radius 1 is 1.08 bits per heavy atom. The zero-order valence-electron chi connectivity index (χ0n) is 6.73. The molecule has 0 amide bonds. The van der Waals surface area contributed by atoms with Crippen LogP contribution in [-0.4, -0.2) is 0 Å². The molecule has 0 heterocycles. The third-order valence-corrected chi connectivity index (χ3v) is 1.48. The summed E-state index contributed by atoms with van der Waals surface area (Å²) in [4.78, 5) is 0. The summed E-state index contributed by atoms with van der Waals surface area (Å²) in [6.45, 7) is 3.37. The van der Waals surface area contributed by atoms with Gasteiger partial charge in [-0.05, 0) is 12.1 Å². The van der Waals surface area contributed by atoms with Crippen LogP contribution >= 0.6 is 0 Å². The highest BCUT2D eigenvalue weighted by Gasteiger charge is 2.10. The van der Waals surface area contributed by atoms with E-state index in [0.717, 1.165) is 12.1 Å². The lowest BCUT2D eigenvalue weighted by atomic mass is 10.2. The predicted molar refractivity (Wildman–Crippen MR) is 45.5 cm³/mol. The third-order valence-electron chi connectivity index (χ3n) is 1.48. The summed E-state index contributed by atoms with van der Waals surface area (Å²) < 4.78 is 37.9. The van der Waals surface area contributed by atoms with Gasteiger partial charge in [0.1, 0.15) is 0 Å². The topological polar surface area (TPSA) is 0 Å². The molecule has 0 nitrogen and oxygen atoms in total. The Bertz CT molecular complexity index is 353. The fourth-order valence-corrected chi connectivity index (χ4v) is 0.841. The zero-order valence-corrected chi connectivity index (χ0v) is 6.73. The van der Waals surface area contributed by atoms with Crippen LogP contribution in [-0.2, 0) is 0 Å². The van der Waals surface area contributed by atoms with Crippen LogP contribution in [0.15, 0.2) is 30.9 Å². The maximum atomic E-state index is 12.9. The lowest BCUT2D eigenvalue weighted by molar-refractivity contribution is 0.446. The summed E-state index contributed by atoms with van der Waals surface area (Å²) in [5.74, 6) is -3.82. The quantitative estimate of drug-likeness (QED) is 0.488. The van der Waals surface area contributed by atoms with Crippen LogP contribution in [0.5, 0.6) is 0 Å². The van der Waals surface area contributed by atoms with Gasteiger partial charge in [-0.15, -0.1) is 0 Å². The SMILES string of the molecule is C=C/C=C/c1ccc(F)c(F)c1F. The Balaban J connectivity index is 3.17. The molecule has 0 aliphatic carbocycles.